The summed E-state index contributed by atoms with van der Waals surface area (Å²) >= 11 is 0. The summed E-state index contributed by atoms with van der Waals surface area (Å²) in [5.74, 6) is -0.278. The van der Waals surface area contributed by atoms with Crippen LogP contribution in [0.5, 0.6) is 0 Å². The molecule has 0 heterocycles. The molecule has 0 bridgehead atoms. The van der Waals surface area contributed by atoms with Crippen LogP contribution in [0.25, 0.3) is 0 Å². The highest BCUT2D eigenvalue weighted by Gasteiger charge is 2.46. The summed E-state index contributed by atoms with van der Waals surface area (Å²) in [5.41, 5.74) is 0.880. The summed E-state index contributed by atoms with van der Waals surface area (Å²) in [5, 5.41) is 0.242. The zero-order chi connectivity index (χ0) is 21.4. The Labute approximate surface area is 169 Å². The second kappa shape index (κ2) is 8.13. The van der Waals surface area contributed by atoms with Gasteiger partial charge in [0.15, 0.2) is 16.6 Å². The molecule has 27 heavy (non-hydrogen) atoms. The maximum absolute atomic E-state index is 11.6. The second-order valence-electron chi connectivity index (χ2n) is 11.0. The molecule has 1 fully saturated rings. The molecule has 1 saturated carbocycles. The van der Waals surface area contributed by atoms with E-state index >= 15 is 0 Å². The molecule has 0 radical (unpaired) electrons. The SMILES string of the molecule is C=C1[C@@H](OC(C)=O)C[C@@H](O[Si](C)(C)C(C)(C)C)C[C@@H]1O[Si](C)(C)C(C)(C)C. The molecule has 3 atom stereocenters. The third-order valence-electron chi connectivity index (χ3n) is 6.60. The Hall–Kier alpha value is -0.436. The zero-order valence-corrected chi connectivity index (χ0v) is 21.5. The maximum atomic E-state index is 11.6. The van der Waals surface area contributed by atoms with E-state index in [1.165, 1.54) is 6.92 Å². The van der Waals surface area contributed by atoms with Crippen molar-refractivity contribution in [2.45, 2.75) is 116 Å². The molecule has 158 valence electrons. The first-order valence-electron chi connectivity index (χ1n) is 10.1. The maximum Gasteiger partial charge on any atom is 0.303 e. The van der Waals surface area contributed by atoms with Gasteiger partial charge in [-0.3, -0.25) is 4.79 Å². The van der Waals surface area contributed by atoms with Crippen LogP contribution < -0.4 is 0 Å². The third kappa shape index (κ3) is 6.27. The van der Waals surface area contributed by atoms with E-state index < -0.39 is 16.6 Å². The summed E-state index contributed by atoms with van der Waals surface area (Å²) in [4.78, 5) is 11.6. The largest absolute Gasteiger partial charge is 0.458 e. The molecular formula is C21H42O4Si2. The van der Waals surface area contributed by atoms with Gasteiger partial charge in [0.05, 0.1) is 12.2 Å². The molecule has 0 amide bonds. The van der Waals surface area contributed by atoms with Crippen molar-refractivity contribution in [1.29, 1.82) is 0 Å². The average molecular weight is 415 g/mol. The molecule has 0 N–H and O–H groups in total. The van der Waals surface area contributed by atoms with Gasteiger partial charge in [-0.25, -0.2) is 0 Å². The normalized spacial score (nSPS) is 25.4. The molecule has 0 unspecified atom stereocenters. The monoisotopic (exact) mass is 414 g/mol. The van der Waals surface area contributed by atoms with Gasteiger partial charge in [-0.2, -0.15) is 0 Å². The van der Waals surface area contributed by atoms with Gasteiger partial charge in [-0.15, -0.1) is 0 Å². The minimum atomic E-state index is -1.97. The number of carbonyl (C=O) groups excluding carboxylic acids is 1. The van der Waals surface area contributed by atoms with Gasteiger partial charge in [0, 0.05) is 19.8 Å². The van der Waals surface area contributed by atoms with Crippen LogP contribution in [-0.4, -0.2) is 40.9 Å². The second-order valence-corrected chi connectivity index (χ2v) is 20.5. The highest BCUT2D eigenvalue weighted by atomic mass is 28.4. The molecule has 0 saturated heterocycles. The van der Waals surface area contributed by atoms with Gasteiger partial charge in [0.2, 0.25) is 0 Å². The molecule has 4 nitrogen and oxygen atoms in total. The predicted octanol–water partition coefficient (Wildman–Crippen LogP) is 6.05. The molecule has 1 rings (SSSR count). The Bertz CT molecular complexity index is 556. The fourth-order valence-corrected chi connectivity index (χ4v) is 5.45. The molecular weight excluding hydrogens is 372 g/mol. The van der Waals surface area contributed by atoms with Crippen LogP contribution >= 0.6 is 0 Å². The zero-order valence-electron chi connectivity index (χ0n) is 19.5. The lowest BCUT2D eigenvalue weighted by Gasteiger charge is -2.46. The van der Waals surface area contributed by atoms with Crippen molar-refractivity contribution in [2.75, 3.05) is 0 Å². The Morgan fingerprint density at radius 1 is 0.889 bits per heavy atom. The standard InChI is InChI=1S/C21H42O4Si2/c1-15-18(23-16(2)22)13-17(24-26(9,10)20(3,4)5)14-19(15)25-27(11,12)21(6,7)8/h17-19H,1,13-14H2,2-12H3/t17-,18+,19+/m1/s1. The first-order chi connectivity index (χ1) is 11.9. The van der Waals surface area contributed by atoms with Crippen molar-refractivity contribution >= 4 is 22.6 Å². The molecule has 0 aromatic rings. The third-order valence-corrected chi connectivity index (χ3v) is 15.6. The van der Waals surface area contributed by atoms with Crippen molar-refractivity contribution in [3.8, 4) is 0 Å². The predicted molar refractivity (Wildman–Crippen MR) is 118 cm³/mol. The quantitative estimate of drug-likeness (QED) is 0.312. The highest BCUT2D eigenvalue weighted by Crippen LogP contribution is 2.43. The molecule has 0 aromatic heterocycles. The van der Waals surface area contributed by atoms with E-state index in [0.29, 0.717) is 6.42 Å². The van der Waals surface area contributed by atoms with Crippen LogP contribution in [0.4, 0.5) is 0 Å². The molecule has 0 aliphatic heterocycles. The number of rotatable bonds is 5. The van der Waals surface area contributed by atoms with Crippen LogP contribution in [0.2, 0.25) is 36.3 Å². The van der Waals surface area contributed by atoms with Gasteiger partial charge in [0.25, 0.3) is 0 Å². The summed E-state index contributed by atoms with van der Waals surface area (Å²) in [6.45, 7) is 28.2. The fourth-order valence-electron chi connectivity index (χ4n) is 2.75. The van der Waals surface area contributed by atoms with Crippen molar-refractivity contribution < 1.29 is 18.4 Å². The van der Waals surface area contributed by atoms with Gasteiger partial charge in [0.1, 0.15) is 6.10 Å². The van der Waals surface area contributed by atoms with Crippen LogP contribution in [0.3, 0.4) is 0 Å². The Balaban J connectivity index is 3.08. The summed E-state index contributed by atoms with van der Waals surface area (Å²) < 4.78 is 19.0. The number of ether oxygens (including phenoxy) is 1. The van der Waals surface area contributed by atoms with Crippen molar-refractivity contribution in [3.05, 3.63) is 12.2 Å². The molecule has 1 aliphatic carbocycles. The van der Waals surface area contributed by atoms with Crippen LogP contribution in [-0.2, 0) is 18.4 Å². The Morgan fingerprint density at radius 3 is 1.70 bits per heavy atom. The summed E-state index contributed by atoms with van der Waals surface area (Å²) in [7, 11) is -3.90. The number of hydrogen-bond acceptors (Lipinski definition) is 4. The van der Waals surface area contributed by atoms with Crippen molar-refractivity contribution in [3.63, 3.8) is 0 Å². The number of carbonyl (C=O) groups is 1. The van der Waals surface area contributed by atoms with E-state index in [2.05, 4.69) is 74.3 Å². The van der Waals surface area contributed by atoms with Crippen LogP contribution in [0, 0.1) is 0 Å². The molecule has 1 aliphatic rings. The van der Waals surface area contributed by atoms with E-state index in [9.17, 15) is 4.79 Å². The molecule has 0 aromatic carbocycles. The minimum absolute atomic E-state index is 0.0236. The van der Waals surface area contributed by atoms with E-state index in [1.54, 1.807) is 0 Å². The van der Waals surface area contributed by atoms with Crippen molar-refractivity contribution in [1.82, 2.24) is 0 Å². The van der Waals surface area contributed by atoms with E-state index in [1.807, 2.05) is 0 Å². The molecule has 6 heteroatoms. The van der Waals surface area contributed by atoms with Gasteiger partial charge in [-0.1, -0.05) is 48.1 Å². The lowest BCUT2D eigenvalue weighted by atomic mass is 9.88. The van der Waals surface area contributed by atoms with E-state index in [0.717, 1.165) is 12.0 Å². The number of hydrogen-bond donors (Lipinski definition) is 0. The molecule has 0 spiro atoms. The smallest absolute Gasteiger partial charge is 0.303 e. The Kier molecular flexibility index (Phi) is 7.41. The minimum Gasteiger partial charge on any atom is -0.458 e. The topological polar surface area (TPSA) is 44.8 Å². The van der Waals surface area contributed by atoms with Gasteiger partial charge >= 0.3 is 5.97 Å². The van der Waals surface area contributed by atoms with Crippen molar-refractivity contribution in [2.24, 2.45) is 0 Å². The average Bonchev–Trinajstić information content (AvgIpc) is 2.39. The lowest BCUT2D eigenvalue weighted by Crippen LogP contribution is -2.51. The van der Waals surface area contributed by atoms with Crippen LogP contribution in [0.1, 0.15) is 61.3 Å². The fraction of sp³-hybridized carbons (Fsp3) is 0.857. The van der Waals surface area contributed by atoms with E-state index in [4.69, 9.17) is 13.6 Å². The first-order valence-corrected chi connectivity index (χ1v) is 15.9. The summed E-state index contributed by atoms with van der Waals surface area (Å²) in [6, 6.07) is 0. The van der Waals surface area contributed by atoms with E-state index in [-0.39, 0.29) is 34.4 Å². The van der Waals surface area contributed by atoms with Crippen LogP contribution in [0.15, 0.2) is 12.2 Å². The van der Waals surface area contributed by atoms with Gasteiger partial charge < -0.3 is 13.6 Å². The number of esters is 1. The lowest BCUT2D eigenvalue weighted by molar-refractivity contribution is -0.147. The first kappa shape index (κ1) is 24.6. The Morgan fingerprint density at radius 2 is 1.30 bits per heavy atom. The highest BCUT2D eigenvalue weighted by molar-refractivity contribution is 6.74. The van der Waals surface area contributed by atoms with Gasteiger partial charge in [-0.05, 0) is 41.8 Å². The summed E-state index contributed by atoms with van der Waals surface area (Å²) in [6.07, 6.45) is 1.02.